The van der Waals surface area contributed by atoms with Gasteiger partial charge in [0.05, 0.1) is 12.8 Å². The van der Waals surface area contributed by atoms with Gasteiger partial charge in [0.1, 0.15) is 11.8 Å². The molecule has 26 heavy (non-hydrogen) atoms. The minimum absolute atomic E-state index is 0.0603. The molecule has 0 spiro atoms. The van der Waals surface area contributed by atoms with Crippen molar-refractivity contribution in [3.63, 3.8) is 0 Å². The van der Waals surface area contributed by atoms with Crippen molar-refractivity contribution in [3.8, 4) is 18.1 Å². The molecule has 136 valence electrons. The van der Waals surface area contributed by atoms with Gasteiger partial charge in [-0.05, 0) is 48.1 Å². The van der Waals surface area contributed by atoms with Gasteiger partial charge in [-0.15, -0.1) is 6.42 Å². The topological polar surface area (TPSA) is 47.4 Å². The molecule has 1 aliphatic rings. The van der Waals surface area contributed by atoms with E-state index in [1.165, 1.54) is 5.56 Å². The van der Waals surface area contributed by atoms with Gasteiger partial charge in [0.2, 0.25) is 0 Å². The van der Waals surface area contributed by atoms with Crippen LogP contribution < -0.4 is 4.74 Å². The zero-order valence-corrected chi connectivity index (χ0v) is 15.6. The van der Waals surface area contributed by atoms with Crippen molar-refractivity contribution in [3.05, 3.63) is 47.3 Å². The summed E-state index contributed by atoms with van der Waals surface area (Å²) in [7, 11) is 3.55. The Balaban J connectivity index is 2.14. The molecule has 2 aromatic rings. The van der Waals surface area contributed by atoms with Crippen LogP contribution in [0.2, 0.25) is 0 Å². The molecule has 0 fully saturated rings. The Bertz CT molecular complexity index is 834. The molecule has 0 N–H and O–H groups in total. The van der Waals surface area contributed by atoms with Crippen LogP contribution in [0.4, 0.5) is 0 Å². The largest absolute Gasteiger partial charge is 0.497 e. The van der Waals surface area contributed by atoms with Gasteiger partial charge >= 0.3 is 0 Å². The maximum absolute atomic E-state index is 12.7. The molecule has 0 aliphatic carbocycles. The normalized spacial score (nSPS) is 18.9. The zero-order valence-electron chi connectivity index (χ0n) is 15.6. The summed E-state index contributed by atoms with van der Waals surface area (Å²) in [5, 5.41) is 4.58. The molecule has 2 atom stereocenters. The van der Waals surface area contributed by atoms with Crippen LogP contribution in [0.15, 0.2) is 30.5 Å². The van der Waals surface area contributed by atoms with Crippen molar-refractivity contribution in [2.75, 3.05) is 7.11 Å². The van der Waals surface area contributed by atoms with Gasteiger partial charge in [0, 0.05) is 19.3 Å². The Labute approximate surface area is 155 Å². The molecule has 0 saturated carbocycles. The van der Waals surface area contributed by atoms with Crippen LogP contribution >= 0.6 is 0 Å². The summed E-state index contributed by atoms with van der Waals surface area (Å²) in [6, 6.07) is 7.78. The Morgan fingerprint density at radius 1 is 1.42 bits per heavy atom. The minimum Gasteiger partial charge on any atom is -0.497 e. The Kier molecular flexibility index (Phi) is 5.32. The highest BCUT2D eigenvalue weighted by molar-refractivity contribution is 5.94. The van der Waals surface area contributed by atoms with E-state index in [0.717, 1.165) is 42.7 Å². The maximum atomic E-state index is 12.7. The number of unbranched alkanes of at least 4 members (excludes halogenated alkanes) is 1. The summed E-state index contributed by atoms with van der Waals surface area (Å²) >= 11 is 0. The van der Waals surface area contributed by atoms with E-state index >= 15 is 0 Å². The predicted octanol–water partition coefficient (Wildman–Crippen LogP) is 3.09. The number of hydrogen-bond acceptors (Lipinski definition) is 3. The molecule has 1 aliphatic heterocycles. The highest BCUT2D eigenvalue weighted by Crippen LogP contribution is 2.40. The van der Waals surface area contributed by atoms with E-state index in [2.05, 4.69) is 24.0 Å². The molecular weight excluding hydrogens is 326 g/mol. The smallest absolute Gasteiger partial charge is 0.299 e. The van der Waals surface area contributed by atoms with Gasteiger partial charge in [-0.2, -0.15) is 5.10 Å². The highest BCUT2D eigenvalue weighted by atomic mass is 16.5. The number of methoxy groups -OCH3 is 1. The third-order valence-corrected chi connectivity index (χ3v) is 5.04. The predicted molar refractivity (Wildman–Crippen MR) is 101 cm³/mol. The average Bonchev–Trinajstić information content (AvgIpc) is 3.09. The van der Waals surface area contributed by atoms with E-state index in [1.807, 2.05) is 36.3 Å². The van der Waals surface area contributed by atoms with Gasteiger partial charge in [0.15, 0.2) is 0 Å². The second-order valence-corrected chi connectivity index (χ2v) is 6.74. The summed E-state index contributed by atoms with van der Waals surface area (Å²) in [5.74, 6) is 2.88. The molecule has 1 aromatic heterocycles. The van der Waals surface area contributed by atoms with E-state index < -0.39 is 0 Å². The number of benzene rings is 1. The lowest BCUT2D eigenvalue weighted by Crippen LogP contribution is -2.47. The van der Waals surface area contributed by atoms with Crippen LogP contribution in [0, 0.1) is 12.3 Å². The summed E-state index contributed by atoms with van der Waals surface area (Å²) in [4.78, 5) is 14.5. The molecule has 5 heteroatoms. The van der Waals surface area contributed by atoms with Crippen molar-refractivity contribution >= 4 is 5.91 Å². The lowest BCUT2D eigenvalue weighted by atomic mass is 9.84. The van der Waals surface area contributed by atoms with Crippen LogP contribution in [-0.2, 0) is 18.3 Å². The molecule has 0 unspecified atom stereocenters. The molecule has 3 rings (SSSR count). The van der Waals surface area contributed by atoms with Gasteiger partial charge < -0.3 is 9.64 Å². The van der Waals surface area contributed by atoms with Crippen molar-refractivity contribution in [2.24, 2.45) is 7.05 Å². The lowest BCUT2D eigenvalue weighted by Gasteiger charge is -2.42. The average molecular weight is 351 g/mol. The first-order valence-electron chi connectivity index (χ1n) is 9.04. The minimum atomic E-state index is -0.275. The van der Waals surface area contributed by atoms with Crippen molar-refractivity contribution < 1.29 is 9.53 Å². The van der Waals surface area contributed by atoms with E-state index in [1.54, 1.807) is 11.8 Å². The fraction of sp³-hybridized carbons (Fsp3) is 0.429. The Morgan fingerprint density at radius 2 is 2.23 bits per heavy atom. The molecular formula is C21H25N3O2. The highest BCUT2D eigenvalue weighted by Gasteiger charge is 2.38. The van der Waals surface area contributed by atoms with E-state index in [0.29, 0.717) is 0 Å². The fourth-order valence-electron chi connectivity index (χ4n) is 3.78. The third-order valence-electron chi connectivity index (χ3n) is 5.04. The SMILES string of the molecule is C#CC(=O)N1[C@@H](CCCC)Cc2cc(OC)ccc2[C@@H]1c1ccn(C)n1. The van der Waals surface area contributed by atoms with Crippen LogP contribution in [-0.4, -0.2) is 33.7 Å². The number of ether oxygens (including phenoxy) is 1. The lowest BCUT2D eigenvalue weighted by molar-refractivity contribution is -0.130. The molecule has 2 heterocycles. The van der Waals surface area contributed by atoms with Crippen LogP contribution in [0.25, 0.3) is 0 Å². The Hall–Kier alpha value is -2.74. The summed E-state index contributed by atoms with van der Waals surface area (Å²) in [5.41, 5.74) is 3.10. The number of nitrogens with zero attached hydrogens (tertiary/aromatic N) is 3. The van der Waals surface area contributed by atoms with Crippen molar-refractivity contribution in [1.82, 2.24) is 14.7 Å². The van der Waals surface area contributed by atoms with Crippen LogP contribution in [0.3, 0.4) is 0 Å². The Morgan fingerprint density at radius 3 is 2.85 bits per heavy atom. The molecule has 0 radical (unpaired) electrons. The first kappa shape index (κ1) is 18.1. The standard InChI is InChI=1S/C21H25N3O2/c1-5-7-8-16-13-15-14-17(26-4)9-10-18(15)21(24(16)20(25)6-2)19-11-12-23(3)22-19/h2,9-12,14,16,21H,5,7-8,13H2,1,3-4H3/t16-,21+/m0/s1. The molecule has 0 bridgehead atoms. The number of aromatic nitrogens is 2. The molecule has 5 nitrogen and oxygen atoms in total. The number of amides is 1. The molecule has 1 amide bonds. The van der Waals surface area contributed by atoms with Crippen molar-refractivity contribution in [2.45, 2.75) is 44.7 Å². The van der Waals surface area contributed by atoms with E-state index in [9.17, 15) is 4.79 Å². The second kappa shape index (κ2) is 7.65. The number of aryl methyl sites for hydroxylation is 1. The van der Waals surface area contributed by atoms with E-state index in [-0.39, 0.29) is 18.0 Å². The van der Waals surface area contributed by atoms with E-state index in [4.69, 9.17) is 11.2 Å². The van der Waals surface area contributed by atoms with Crippen molar-refractivity contribution in [1.29, 1.82) is 0 Å². The maximum Gasteiger partial charge on any atom is 0.299 e. The quantitative estimate of drug-likeness (QED) is 0.778. The van der Waals surface area contributed by atoms with Gasteiger partial charge in [0.25, 0.3) is 5.91 Å². The summed E-state index contributed by atoms with van der Waals surface area (Å²) < 4.78 is 7.16. The number of rotatable bonds is 5. The first-order valence-corrected chi connectivity index (χ1v) is 9.04. The van der Waals surface area contributed by atoms with Gasteiger partial charge in [-0.25, -0.2) is 0 Å². The number of carbonyl (C=O) groups excluding carboxylic acids is 1. The molecule has 0 saturated heterocycles. The summed E-state index contributed by atoms with van der Waals surface area (Å²) in [6.07, 6.45) is 11.2. The third kappa shape index (κ3) is 3.32. The number of carbonyl (C=O) groups is 1. The van der Waals surface area contributed by atoms with Gasteiger partial charge in [-0.3, -0.25) is 9.48 Å². The number of hydrogen-bond donors (Lipinski definition) is 0. The number of terminal acetylenes is 1. The number of fused-ring (bicyclic) bond motifs is 1. The molecule has 1 aromatic carbocycles. The second-order valence-electron chi connectivity index (χ2n) is 6.74. The first-order chi connectivity index (χ1) is 12.6. The van der Waals surface area contributed by atoms with Gasteiger partial charge in [-0.1, -0.05) is 25.8 Å². The summed E-state index contributed by atoms with van der Waals surface area (Å²) in [6.45, 7) is 2.16. The fourth-order valence-corrected chi connectivity index (χ4v) is 3.78. The van der Waals surface area contributed by atoms with Crippen LogP contribution in [0.1, 0.15) is 49.0 Å². The zero-order chi connectivity index (χ0) is 18.7. The van der Waals surface area contributed by atoms with Crippen LogP contribution in [0.5, 0.6) is 5.75 Å². The monoisotopic (exact) mass is 351 g/mol.